The van der Waals surface area contributed by atoms with Crippen molar-refractivity contribution < 1.29 is 9.59 Å². The molecule has 1 aliphatic rings. The SMILES string of the molecule is O=C(Nc1ccc(-c2csc(NC(=O)C3CCCC3)n2)cc1)c1ccccc1. The number of carbonyl (C=O) groups excluding carboxylic acids is 2. The summed E-state index contributed by atoms with van der Waals surface area (Å²) in [6.45, 7) is 0. The minimum atomic E-state index is -0.140. The summed E-state index contributed by atoms with van der Waals surface area (Å²) in [6, 6.07) is 16.6. The Kier molecular flexibility index (Phi) is 5.48. The average molecular weight is 391 g/mol. The third-order valence-corrected chi connectivity index (χ3v) is 5.69. The lowest BCUT2D eigenvalue weighted by Gasteiger charge is -2.07. The van der Waals surface area contributed by atoms with Crippen molar-refractivity contribution in [2.75, 3.05) is 10.6 Å². The Hall–Kier alpha value is -2.99. The minimum Gasteiger partial charge on any atom is -0.322 e. The van der Waals surface area contributed by atoms with Crippen molar-refractivity contribution >= 4 is 34.0 Å². The molecule has 2 aromatic carbocycles. The lowest BCUT2D eigenvalue weighted by Crippen LogP contribution is -2.20. The first-order valence-corrected chi connectivity index (χ1v) is 10.3. The molecule has 0 aliphatic heterocycles. The average Bonchev–Trinajstić information content (AvgIpc) is 3.41. The standard InChI is InChI=1S/C22H21N3O2S/c26-20(16-6-2-1-3-7-16)23-18-12-10-15(11-13-18)19-14-28-22(24-19)25-21(27)17-8-4-5-9-17/h1-3,6-7,10-14,17H,4-5,8-9H2,(H,23,26)(H,24,25,27). The van der Waals surface area contributed by atoms with Gasteiger partial charge in [0.15, 0.2) is 5.13 Å². The lowest BCUT2D eigenvalue weighted by molar-refractivity contribution is -0.119. The second-order valence-electron chi connectivity index (χ2n) is 6.91. The molecule has 28 heavy (non-hydrogen) atoms. The quantitative estimate of drug-likeness (QED) is 0.629. The van der Waals surface area contributed by atoms with Gasteiger partial charge in [-0.2, -0.15) is 0 Å². The fourth-order valence-electron chi connectivity index (χ4n) is 3.38. The van der Waals surface area contributed by atoms with Gasteiger partial charge in [0.1, 0.15) is 0 Å². The summed E-state index contributed by atoms with van der Waals surface area (Å²) in [4.78, 5) is 29.0. The first-order valence-electron chi connectivity index (χ1n) is 9.42. The van der Waals surface area contributed by atoms with E-state index in [9.17, 15) is 9.59 Å². The molecule has 0 radical (unpaired) electrons. The largest absolute Gasteiger partial charge is 0.322 e. The predicted molar refractivity (Wildman–Crippen MR) is 113 cm³/mol. The Morgan fingerprint density at radius 1 is 0.929 bits per heavy atom. The molecule has 1 saturated carbocycles. The summed E-state index contributed by atoms with van der Waals surface area (Å²) in [5.74, 6) is 0.0659. The Balaban J connectivity index is 1.39. The molecule has 0 saturated heterocycles. The second kappa shape index (κ2) is 8.35. The van der Waals surface area contributed by atoms with Crippen LogP contribution in [-0.2, 0) is 4.79 Å². The van der Waals surface area contributed by atoms with Crippen LogP contribution in [0.5, 0.6) is 0 Å². The van der Waals surface area contributed by atoms with Crippen molar-refractivity contribution in [2.24, 2.45) is 5.92 Å². The molecule has 2 amide bonds. The molecule has 5 nitrogen and oxygen atoms in total. The molecular formula is C22H21N3O2S. The number of hydrogen-bond donors (Lipinski definition) is 2. The molecule has 6 heteroatoms. The highest BCUT2D eigenvalue weighted by Crippen LogP contribution is 2.29. The van der Waals surface area contributed by atoms with Gasteiger partial charge >= 0.3 is 0 Å². The van der Waals surface area contributed by atoms with Crippen LogP contribution in [0.4, 0.5) is 10.8 Å². The third kappa shape index (κ3) is 4.28. The molecule has 2 N–H and O–H groups in total. The zero-order chi connectivity index (χ0) is 19.3. The monoisotopic (exact) mass is 391 g/mol. The summed E-state index contributed by atoms with van der Waals surface area (Å²) in [7, 11) is 0. The molecule has 142 valence electrons. The minimum absolute atomic E-state index is 0.0809. The van der Waals surface area contributed by atoms with Gasteiger partial charge in [-0.05, 0) is 37.1 Å². The molecule has 4 rings (SSSR count). The number of nitrogens with one attached hydrogen (secondary N) is 2. The Morgan fingerprint density at radius 2 is 1.64 bits per heavy atom. The van der Waals surface area contributed by atoms with Crippen LogP contribution >= 0.6 is 11.3 Å². The van der Waals surface area contributed by atoms with Gasteiger partial charge in [0, 0.05) is 28.1 Å². The summed E-state index contributed by atoms with van der Waals surface area (Å²) in [5, 5.41) is 8.39. The van der Waals surface area contributed by atoms with E-state index >= 15 is 0 Å². The Labute approximate surface area is 167 Å². The molecule has 0 spiro atoms. The van der Waals surface area contributed by atoms with Gasteiger partial charge in [0.2, 0.25) is 5.91 Å². The van der Waals surface area contributed by atoms with E-state index in [1.807, 2.05) is 47.8 Å². The van der Waals surface area contributed by atoms with Gasteiger partial charge in [0.25, 0.3) is 5.91 Å². The normalized spacial score (nSPS) is 14.0. The zero-order valence-electron chi connectivity index (χ0n) is 15.4. The van der Waals surface area contributed by atoms with Crippen LogP contribution in [0.2, 0.25) is 0 Å². The van der Waals surface area contributed by atoms with Crippen LogP contribution in [0.1, 0.15) is 36.0 Å². The summed E-state index contributed by atoms with van der Waals surface area (Å²) in [6.07, 6.45) is 4.21. The van der Waals surface area contributed by atoms with Crippen molar-refractivity contribution in [2.45, 2.75) is 25.7 Å². The fourth-order valence-corrected chi connectivity index (χ4v) is 4.10. The first kappa shape index (κ1) is 18.4. The number of thiazole rings is 1. The van der Waals surface area contributed by atoms with E-state index in [1.165, 1.54) is 11.3 Å². The van der Waals surface area contributed by atoms with E-state index in [2.05, 4.69) is 15.6 Å². The highest BCUT2D eigenvalue weighted by molar-refractivity contribution is 7.14. The van der Waals surface area contributed by atoms with Gasteiger partial charge in [-0.1, -0.05) is 43.2 Å². The van der Waals surface area contributed by atoms with E-state index in [1.54, 1.807) is 12.1 Å². The zero-order valence-corrected chi connectivity index (χ0v) is 16.2. The van der Waals surface area contributed by atoms with Gasteiger partial charge in [-0.3, -0.25) is 9.59 Å². The van der Waals surface area contributed by atoms with Crippen LogP contribution in [0, 0.1) is 5.92 Å². The molecule has 0 unspecified atom stereocenters. The van der Waals surface area contributed by atoms with Crippen molar-refractivity contribution in [3.05, 3.63) is 65.5 Å². The van der Waals surface area contributed by atoms with Gasteiger partial charge in [0.05, 0.1) is 5.69 Å². The van der Waals surface area contributed by atoms with E-state index in [-0.39, 0.29) is 17.7 Å². The number of benzene rings is 2. The van der Waals surface area contributed by atoms with Crippen molar-refractivity contribution in [1.29, 1.82) is 0 Å². The lowest BCUT2D eigenvalue weighted by atomic mass is 10.1. The fraction of sp³-hybridized carbons (Fsp3) is 0.227. The second-order valence-corrected chi connectivity index (χ2v) is 7.76. The molecular weight excluding hydrogens is 370 g/mol. The number of amides is 2. The highest BCUT2D eigenvalue weighted by Gasteiger charge is 2.23. The molecule has 1 heterocycles. The number of carbonyl (C=O) groups is 2. The van der Waals surface area contributed by atoms with Crippen LogP contribution in [0.25, 0.3) is 11.3 Å². The molecule has 3 aromatic rings. The summed E-state index contributed by atoms with van der Waals surface area (Å²) < 4.78 is 0. The number of rotatable bonds is 5. The van der Waals surface area contributed by atoms with Crippen LogP contribution in [0.3, 0.4) is 0 Å². The number of aromatic nitrogens is 1. The van der Waals surface area contributed by atoms with E-state index in [0.717, 1.165) is 42.6 Å². The Bertz CT molecular complexity index is 961. The highest BCUT2D eigenvalue weighted by atomic mass is 32.1. The molecule has 1 aliphatic carbocycles. The Morgan fingerprint density at radius 3 is 2.36 bits per heavy atom. The van der Waals surface area contributed by atoms with Gasteiger partial charge < -0.3 is 10.6 Å². The number of anilines is 2. The van der Waals surface area contributed by atoms with Crippen molar-refractivity contribution in [3.63, 3.8) is 0 Å². The van der Waals surface area contributed by atoms with Crippen molar-refractivity contribution in [3.8, 4) is 11.3 Å². The maximum Gasteiger partial charge on any atom is 0.255 e. The van der Waals surface area contributed by atoms with Gasteiger partial charge in [-0.25, -0.2) is 4.98 Å². The van der Waals surface area contributed by atoms with Crippen LogP contribution < -0.4 is 10.6 Å². The van der Waals surface area contributed by atoms with E-state index < -0.39 is 0 Å². The van der Waals surface area contributed by atoms with Gasteiger partial charge in [-0.15, -0.1) is 11.3 Å². The van der Waals surface area contributed by atoms with Crippen molar-refractivity contribution in [1.82, 2.24) is 4.98 Å². The maximum absolute atomic E-state index is 12.2. The van der Waals surface area contributed by atoms with E-state index in [4.69, 9.17) is 0 Å². The summed E-state index contributed by atoms with van der Waals surface area (Å²) >= 11 is 1.43. The first-order chi connectivity index (χ1) is 13.7. The maximum atomic E-state index is 12.2. The molecule has 1 fully saturated rings. The topological polar surface area (TPSA) is 71.1 Å². The van der Waals surface area contributed by atoms with E-state index in [0.29, 0.717) is 10.7 Å². The van der Waals surface area contributed by atoms with Crippen LogP contribution in [0.15, 0.2) is 60.0 Å². The molecule has 0 atom stereocenters. The van der Waals surface area contributed by atoms with Crippen LogP contribution in [-0.4, -0.2) is 16.8 Å². The predicted octanol–water partition coefficient (Wildman–Crippen LogP) is 5.19. The summed E-state index contributed by atoms with van der Waals surface area (Å²) in [5.41, 5.74) is 3.10. The third-order valence-electron chi connectivity index (χ3n) is 4.93. The molecule has 0 bridgehead atoms. The number of nitrogens with zero attached hydrogens (tertiary/aromatic N) is 1. The number of hydrogen-bond acceptors (Lipinski definition) is 4. The molecule has 1 aromatic heterocycles. The smallest absolute Gasteiger partial charge is 0.255 e.